The number of amides is 1. The zero-order valence-electron chi connectivity index (χ0n) is 21.2. The highest BCUT2D eigenvalue weighted by atomic mass is 35.5. The molecule has 1 aliphatic rings. The first-order valence-corrected chi connectivity index (χ1v) is 14.4. The van der Waals surface area contributed by atoms with Gasteiger partial charge in [-0.2, -0.15) is 0 Å². The van der Waals surface area contributed by atoms with E-state index in [0.29, 0.717) is 42.2 Å². The summed E-state index contributed by atoms with van der Waals surface area (Å²) < 4.78 is 8.06. The Morgan fingerprint density at radius 3 is 2.42 bits per heavy atom. The molecule has 0 radical (unpaired) electrons. The Morgan fingerprint density at radius 2 is 1.70 bits per heavy atom. The van der Waals surface area contributed by atoms with Crippen LogP contribution in [-0.4, -0.2) is 10.5 Å². The van der Waals surface area contributed by atoms with Crippen molar-refractivity contribution in [1.29, 1.82) is 0 Å². The highest BCUT2D eigenvalue weighted by molar-refractivity contribution is 7.99. The Kier molecular flexibility index (Phi) is 7.30. The normalized spacial score (nSPS) is 15.1. The van der Waals surface area contributed by atoms with Crippen LogP contribution in [0.4, 0.5) is 5.69 Å². The lowest BCUT2D eigenvalue weighted by atomic mass is 9.95. The van der Waals surface area contributed by atoms with Crippen LogP contribution in [0, 0.1) is 0 Å². The molecule has 0 saturated heterocycles. The molecule has 1 amide bonds. The fraction of sp³-hybridized carbons (Fsp3) is 0.0645. The number of nitrogens with zero attached hydrogens (tertiary/aromatic N) is 2. The number of para-hydroxylation sites is 1. The molecule has 0 aliphatic carbocycles. The topological polar surface area (TPSA) is 76.6 Å². The number of benzene rings is 3. The largest absolute Gasteiger partial charge is 0.450 e. The number of fused-ring (bicyclic) bond motifs is 1. The second-order valence-electron chi connectivity index (χ2n) is 9.03. The van der Waals surface area contributed by atoms with Gasteiger partial charge in [0.15, 0.2) is 9.89 Å². The molecule has 9 heteroatoms. The number of carbonyl (C=O) groups is 1. The maximum atomic E-state index is 13.8. The van der Waals surface area contributed by atoms with Crippen LogP contribution >= 0.6 is 34.7 Å². The number of aromatic nitrogens is 1. The maximum absolute atomic E-state index is 13.8. The fourth-order valence-corrected chi connectivity index (χ4v) is 6.43. The summed E-state index contributed by atoms with van der Waals surface area (Å²) in [4.78, 5) is 33.6. The summed E-state index contributed by atoms with van der Waals surface area (Å²) in [5, 5.41) is 4.33. The summed E-state index contributed by atoms with van der Waals surface area (Å²) in [5.74, 6) is 0.251. The molecule has 1 aliphatic heterocycles. The third-order valence-corrected chi connectivity index (χ3v) is 8.48. The highest BCUT2D eigenvalue weighted by Crippen LogP contribution is 2.32. The fourth-order valence-electron chi connectivity index (χ4n) is 4.50. The minimum Gasteiger partial charge on any atom is -0.450 e. The predicted octanol–water partition coefficient (Wildman–Crippen LogP) is 6.27. The molecule has 6 rings (SSSR count). The van der Waals surface area contributed by atoms with Gasteiger partial charge in [0.2, 0.25) is 0 Å². The van der Waals surface area contributed by atoms with Gasteiger partial charge in [-0.15, -0.1) is 0 Å². The van der Waals surface area contributed by atoms with Crippen molar-refractivity contribution in [3.63, 3.8) is 0 Å². The Labute approximate surface area is 243 Å². The lowest BCUT2D eigenvalue weighted by molar-refractivity contribution is -0.113. The number of hydrogen-bond donors (Lipinski definition) is 1. The van der Waals surface area contributed by atoms with Gasteiger partial charge in [-0.1, -0.05) is 83.2 Å². The maximum Gasteiger partial charge on any atom is 0.271 e. The smallest absolute Gasteiger partial charge is 0.271 e. The van der Waals surface area contributed by atoms with Crippen molar-refractivity contribution in [1.82, 2.24) is 4.57 Å². The van der Waals surface area contributed by atoms with E-state index in [0.717, 1.165) is 10.5 Å². The number of halogens is 1. The quantitative estimate of drug-likeness (QED) is 0.256. The molecule has 2 aromatic heterocycles. The molecule has 40 heavy (non-hydrogen) atoms. The Hall–Kier alpha value is -4.11. The van der Waals surface area contributed by atoms with Gasteiger partial charge in [0.1, 0.15) is 5.76 Å². The minimum atomic E-state index is -0.629. The van der Waals surface area contributed by atoms with Crippen molar-refractivity contribution in [2.24, 2.45) is 4.99 Å². The van der Waals surface area contributed by atoms with Gasteiger partial charge in [0.25, 0.3) is 11.5 Å². The Bertz CT molecular complexity index is 1910. The second kappa shape index (κ2) is 11.2. The van der Waals surface area contributed by atoms with Crippen molar-refractivity contribution in [3.8, 4) is 0 Å². The van der Waals surface area contributed by atoms with Crippen molar-refractivity contribution in [2.45, 2.75) is 23.0 Å². The molecule has 3 aromatic carbocycles. The molecule has 6 nitrogen and oxygen atoms in total. The molecule has 3 heterocycles. The van der Waals surface area contributed by atoms with Crippen LogP contribution in [0.25, 0.3) is 6.08 Å². The average Bonchev–Trinajstić information content (AvgIpc) is 3.53. The number of hydrogen-bond acceptors (Lipinski definition) is 6. The molecule has 5 aromatic rings. The zero-order valence-corrected chi connectivity index (χ0v) is 23.6. The first-order valence-electron chi connectivity index (χ1n) is 12.4. The van der Waals surface area contributed by atoms with Gasteiger partial charge in [-0.25, -0.2) is 4.99 Å². The van der Waals surface area contributed by atoms with E-state index in [1.807, 2.05) is 97.1 Å². The van der Waals surface area contributed by atoms with E-state index in [2.05, 4.69) is 5.32 Å². The number of furan rings is 1. The van der Waals surface area contributed by atoms with E-state index in [4.69, 9.17) is 21.0 Å². The van der Waals surface area contributed by atoms with Crippen LogP contribution < -0.4 is 20.2 Å². The van der Waals surface area contributed by atoms with Crippen LogP contribution in [0.2, 0.25) is 5.02 Å². The standard InChI is InChI=1S/C31H22ClN3O3S2/c1-19-27(29(36)34-22-10-6-3-7-11-22)28(20-8-4-2-5-9-20)35-30(37)25(40-31(35)33-19)18-23-14-17-26(38-23)39-24-15-12-21(32)13-16-24/h2-18,28H,1H3,(H,34,36)/b25-18-. The van der Waals surface area contributed by atoms with E-state index in [1.165, 1.54) is 23.1 Å². The predicted molar refractivity (Wildman–Crippen MR) is 160 cm³/mol. The summed E-state index contributed by atoms with van der Waals surface area (Å²) in [6.45, 7) is 1.81. The van der Waals surface area contributed by atoms with E-state index in [9.17, 15) is 9.59 Å². The first-order chi connectivity index (χ1) is 19.5. The lowest BCUT2D eigenvalue weighted by Gasteiger charge is -2.25. The van der Waals surface area contributed by atoms with Crippen LogP contribution in [0.15, 0.2) is 133 Å². The first kappa shape index (κ1) is 26.1. The number of nitrogens with one attached hydrogen (secondary N) is 1. The summed E-state index contributed by atoms with van der Waals surface area (Å²) in [7, 11) is 0. The van der Waals surface area contributed by atoms with E-state index < -0.39 is 6.04 Å². The van der Waals surface area contributed by atoms with Crippen molar-refractivity contribution < 1.29 is 9.21 Å². The molecule has 198 valence electrons. The average molecular weight is 584 g/mol. The monoisotopic (exact) mass is 583 g/mol. The van der Waals surface area contributed by atoms with Crippen LogP contribution in [0.5, 0.6) is 0 Å². The SMILES string of the molecule is CC1=C(C(=O)Nc2ccccc2)C(c2ccccc2)n2c(s/c(=C\c3ccc(Sc4ccc(Cl)cc4)o3)c2=O)=N1. The summed E-state index contributed by atoms with van der Waals surface area (Å²) in [6.07, 6.45) is 1.72. The summed E-state index contributed by atoms with van der Waals surface area (Å²) in [5.41, 5.74) is 2.24. The van der Waals surface area contributed by atoms with Crippen LogP contribution in [-0.2, 0) is 4.79 Å². The Morgan fingerprint density at radius 1 is 1.00 bits per heavy atom. The van der Waals surface area contributed by atoms with Gasteiger partial charge in [-0.05, 0) is 61.0 Å². The second-order valence-corrected chi connectivity index (χ2v) is 11.5. The number of allylic oxidation sites excluding steroid dienone is 1. The van der Waals surface area contributed by atoms with E-state index in [1.54, 1.807) is 17.6 Å². The molecule has 1 atom stereocenters. The van der Waals surface area contributed by atoms with Gasteiger partial charge in [0.05, 0.1) is 21.8 Å². The van der Waals surface area contributed by atoms with Crippen molar-refractivity contribution in [2.75, 3.05) is 5.32 Å². The number of anilines is 1. The van der Waals surface area contributed by atoms with Crippen molar-refractivity contribution >= 4 is 52.4 Å². The molecule has 0 fully saturated rings. The highest BCUT2D eigenvalue weighted by Gasteiger charge is 2.32. The molecule has 1 unspecified atom stereocenters. The van der Waals surface area contributed by atoms with Crippen LogP contribution in [0.1, 0.15) is 24.3 Å². The number of carbonyl (C=O) groups excluding carboxylic acids is 1. The van der Waals surface area contributed by atoms with E-state index in [-0.39, 0.29) is 11.5 Å². The third kappa shape index (κ3) is 5.34. The zero-order chi connectivity index (χ0) is 27.6. The molecular formula is C31H22ClN3O3S2. The Balaban J connectivity index is 1.39. The van der Waals surface area contributed by atoms with Gasteiger partial charge < -0.3 is 9.73 Å². The molecular weight excluding hydrogens is 562 g/mol. The third-order valence-electron chi connectivity index (χ3n) is 6.32. The number of thiazole rings is 1. The summed E-state index contributed by atoms with van der Waals surface area (Å²) in [6, 6.07) is 29.3. The van der Waals surface area contributed by atoms with E-state index >= 15 is 0 Å². The van der Waals surface area contributed by atoms with Gasteiger partial charge >= 0.3 is 0 Å². The molecule has 1 N–H and O–H groups in total. The molecule has 0 saturated carbocycles. The van der Waals surface area contributed by atoms with Gasteiger partial charge in [0, 0.05) is 21.7 Å². The van der Waals surface area contributed by atoms with Crippen molar-refractivity contribution in [3.05, 3.63) is 144 Å². The van der Waals surface area contributed by atoms with Gasteiger partial charge in [-0.3, -0.25) is 14.2 Å². The molecule has 0 spiro atoms. The number of rotatable bonds is 6. The lowest BCUT2D eigenvalue weighted by Crippen LogP contribution is -2.40. The minimum absolute atomic E-state index is 0.238. The molecule has 0 bridgehead atoms. The summed E-state index contributed by atoms with van der Waals surface area (Å²) >= 11 is 8.73. The van der Waals surface area contributed by atoms with Crippen LogP contribution in [0.3, 0.4) is 0 Å².